The molecule has 1 aliphatic heterocycles. The van der Waals surface area contributed by atoms with E-state index in [4.69, 9.17) is 28.0 Å². The third kappa shape index (κ3) is 5.11. The normalized spacial score (nSPS) is 13.9. The van der Waals surface area contributed by atoms with Crippen LogP contribution in [0.25, 0.3) is 22.2 Å². The summed E-state index contributed by atoms with van der Waals surface area (Å²) in [5.41, 5.74) is 3.06. The smallest absolute Gasteiger partial charge is 0.292 e. The highest BCUT2D eigenvalue weighted by molar-refractivity contribution is 6.42. The van der Waals surface area contributed by atoms with Gasteiger partial charge in [0.25, 0.3) is 5.56 Å². The molecule has 0 atom stereocenters. The zero-order valence-electron chi connectivity index (χ0n) is 19.3. The van der Waals surface area contributed by atoms with E-state index < -0.39 is 0 Å². The number of anilines is 3. The maximum atomic E-state index is 13.2. The largest absolute Gasteiger partial charge is 0.412 e. The lowest BCUT2D eigenvalue weighted by Crippen LogP contribution is -2.44. The number of benzene rings is 2. The van der Waals surface area contributed by atoms with Crippen LogP contribution in [0.1, 0.15) is 7.43 Å². The molecule has 2 aromatic heterocycles. The molecule has 188 valence electrons. The summed E-state index contributed by atoms with van der Waals surface area (Å²) in [5, 5.41) is 4.63. The van der Waals surface area contributed by atoms with Gasteiger partial charge in [-0.2, -0.15) is 4.98 Å². The highest BCUT2D eigenvalue weighted by Crippen LogP contribution is 2.28. The van der Waals surface area contributed by atoms with Crippen molar-refractivity contribution in [1.82, 2.24) is 19.6 Å². The van der Waals surface area contributed by atoms with Crippen LogP contribution in [0.2, 0.25) is 10.0 Å². The van der Waals surface area contributed by atoms with Crippen molar-refractivity contribution in [3.05, 3.63) is 75.1 Å². The number of likely N-dealkylation sites (N-methyl/N-ethyl adjacent to an activating group) is 1. The second kappa shape index (κ2) is 10.7. The van der Waals surface area contributed by atoms with Gasteiger partial charge in [-0.3, -0.25) is 4.79 Å². The minimum absolute atomic E-state index is 0. The lowest BCUT2D eigenvalue weighted by atomic mass is 10.1. The van der Waals surface area contributed by atoms with Gasteiger partial charge in [0, 0.05) is 49.1 Å². The number of hydrogen-bond donors (Lipinski definition) is 1. The van der Waals surface area contributed by atoms with Crippen LogP contribution in [-0.4, -0.2) is 59.9 Å². The molecule has 1 fully saturated rings. The maximum absolute atomic E-state index is 13.2. The Bertz CT molecular complexity index is 1430. The number of rotatable bonds is 5. The number of piperazine rings is 1. The summed E-state index contributed by atoms with van der Waals surface area (Å²) < 4.78 is 1.15. The van der Waals surface area contributed by atoms with E-state index in [1.807, 2.05) is 12.1 Å². The van der Waals surface area contributed by atoms with E-state index in [0.29, 0.717) is 38.2 Å². The third-order valence-corrected chi connectivity index (χ3v) is 6.85. The van der Waals surface area contributed by atoms with E-state index in [2.05, 4.69) is 44.3 Å². The Hall–Kier alpha value is -3.33. The number of nitrogens with zero attached hydrogens (tertiary/aromatic N) is 5. The molecule has 8 nitrogen and oxygen atoms in total. The van der Waals surface area contributed by atoms with Gasteiger partial charge >= 0.3 is 0 Å². The molecular weight excluding hydrogens is 499 g/mol. The average molecular weight is 527 g/mol. The molecule has 0 amide bonds. The standard InChI is InChI=1S/C25H24Cl2N6O2.CH4/c1-31-9-11-32(12-10-31)19-6-4-18(5-7-19)29-25-28-15-17-13-20(16-3-8-21(26)22(27)14-16)24(34)33(35-2)23(17)30-25;/h3-8,13-15H,9-12H2,1-2H3,(H,28,29,30);1H4. The molecule has 1 N–H and O–H groups in total. The Morgan fingerprint density at radius 1 is 0.972 bits per heavy atom. The van der Waals surface area contributed by atoms with Crippen molar-refractivity contribution in [3.8, 4) is 11.1 Å². The summed E-state index contributed by atoms with van der Waals surface area (Å²) >= 11 is 12.2. The fraction of sp³-hybridized carbons (Fsp3) is 0.269. The molecule has 36 heavy (non-hydrogen) atoms. The zero-order chi connectivity index (χ0) is 24.5. The predicted molar refractivity (Wildman–Crippen MR) is 148 cm³/mol. The Kier molecular flexibility index (Phi) is 7.68. The van der Waals surface area contributed by atoms with Crippen molar-refractivity contribution in [1.29, 1.82) is 0 Å². The monoisotopic (exact) mass is 526 g/mol. The quantitative estimate of drug-likeness (QED) is 0.394. The average Bonchev–Trinajstić information content (AvgIpc) is 2.86. The first-order chi connectivity index (χ1) is 16.9. The Morgan fingerprint density at radius 3 is 2.36 bits per heavy atom. The van der Waals surface area contributed by atoms with Crippen LogP contribution in [0, 0.1) is 0 Å². The van der Waals surface area contributed by atoms with Gasteiger partial charge in [-0.1, -0.05) is 36.7 Å². The summed E-state index contributed by atoms with van der Waals surface area (Å²) in [6.07, 6.45) is 1.65. The van der Waals surface area contributed by atoms with Crippen LogP contribution >= 0.6 is 23.2 Å². The summed E-state index contributed by atoms with van der Waals surface area (Å²) in [6.45, 7) is 4.13. The highest BCUT2D eigenvalue weighted by atomic mass is 35.5. The molecule has 2 aromatic carbocycles. The van der Waals surface area contributed by atoms with Crippen molar-refractivity contribution >= 4 is 51.6 Å². The number of halogens is 2. The molecule has 0 aliphatic carbocycles. The fourth-order valence-corrected chi connectivity index (χ4v) is 4.42. The second-order valence-corrected chi connectivity index (χ2v) is 9.22. The molecule has 0 spiro atoms. The fourth-order valence-electron chi connectivity index (χ4n) is 4.12. The summed E-state index contributed by atoms with van der Waals surface area (Å²) in [4.78, 5) is 32.2. The van der Waals surface area contributed by atoms with Gasteiger partial charge in [-0.25, -0.2) is 4.98 Å². The molecule has 10 heteroatoms. The molecule has 1 saturated heterocycles. The van der Waals surface area contributed by atoms with Gasteiger partial charge in [0.15, 0.2) is 5.65 Å². The van der Waals surface area contributed by atoms with E-state index in [9.17, 15) is 4.79 Å². The zero-order valence-corrected chi connectivity index (χ0v) is 20.8. The Labute approximate surface area is 220 Å². The highest BCUT2D eigenvalue weighted by Gasteiger charge is 2.16. The molecule has 0 radical (unpaired) electrons. The second-order valence-electron chi connectivity index (χ2n) is 8.40. The van der Waals surface area contributed by atoms with E-state index in [0.717, 1.165) is 36.6 Å². The van der Waals surface area contributed by atoms with E-state index in [1.165, 1.54) is 12.8 Å². The molecule has 0 bridgehead atoms. The molecule has 4 aromatic rings. The van der Waals surface area contributed by atoms with Gasteiger partial charge < -0.3 is 20.0 Å². The summed E-state index contributed by atoms with van der Waals surface area (Å²) in [6, 6.07) is 14.9. The van der Waals surface area contributed by atoms with Gasteiger partial charge in [0.1, 0.15) is 7.11 Å². The SMILES string of the molecule is C.COn1c(=O)c(-c2ccc(Cl)c(Cl)c2)cc2cnc(Nc3ccc(N4CCN(C)CC4)cc3)nc21. The maximum Gasteiger partial charge on any atom is 0.292 e. The minimum Gasteiger partial charge on any atom is -0.412 e. The van der Waals surface area contributed by atoms with Crippen LogP contribution in [0.5, 0.6) is 0 Å². The lowest BCUT2D eigenvalue weighted by molar-refractivity contribution is 0.168. The van der Waals surface area contributed by atoms with E-state index in [1.54, 1.807) is 30.5 Å². The third-order valence-electron chi connectivity index (χ3n) is 6.11. The number of fused-ring (bicyclic) bond motifs is 1. The van der Waals surface area contributed by atoms with Crippen molar-refractivity contribution in [3.63, 3.8) is 0 Å². The first kappa shape index (κ1) is 25.8. The first-order valence-corrected chi connectivity index (χ1v) is 11.9. The van der Waals surface area contributed by atoms with Crippen LogP contribution < -0.4 is 20.6 Å². The first-order valence-electron chi connectivity index (χ1n) is 11.2. The lowest BCUT2D eigenvalue weighted by Gasteiger charge is -2.34. The van der Waals surface area contributed by atoms with Gasteiger partial charge in [0.2, 0.25) is 5.95 Å². The van der Waals surface area contributed by atoms with Crippen LogP contribution in [0.4, 0.5) is 17.3 Å². The van der Waals surface area contributed by atoms with Crippen molar-refractivity contribution < 1.29 is 4.84 Å². The van der Waals surface area contributed by atoms with Gasteiger partial charge in [-0.15, -0.1) is 4.73 Å². The Balaban J connectivity index is 0.00000304. The molecular formula is C26H28Cl2N6O2. The van der Waals surface area contributed by atoms with E-state index in [-0.39, 0.29) is 13.0 Å². The number of aromatic nitrogens is 3. The molecule has 1 aliphatic rings. The van der Waals surface area contributed by atoms with Gasteiger partial charge in [-0.05, 0) is 55.1 Å². The van der Waals surface area contributed by atoms with E-state index >= 15 is 0 Å². The van der Waals surface area contributed by atoms with Crippen molar-refractivity contribution in [2.75, 3.05) is 50.6 Å². The number of pyridine rings is 1. The van der Waals surface area contributed by atoms with Crippen molar-refractivity contribution in [2.24, 2.45) is 0 Å². The molecule has 3 heterocycles. The van der Waals surface area contributed by atoms with Crippen LogP contribution in [0.15, 0.2) is 59.5 Å². The molecule has 5 rings (SSSR count). The summed E-state index contributed by atoms with van der Waals surface area (Å²) in [5.74, 6) is 0.359. The van der Waals surface area contributed by atoms with Crippen LogP contribution in [0.3, 0.4) is 0 Å². The van der Waals surface area contributed by atoms with Gasteiger partial charge in [0.05, 0.1) is 15.6 Å². The molecule has 0 saturated carbocycles. The molecule has 0 unspecified atom stereocenters. The number of nitrogens with one attached hydrogen (secondary N) is 1. The Morgan fingerprint density at radius 2 is 1.69 bits per heavy atom. The van der Waals surface area contributed by atoms with Crippen molar-refractivity contribution in [2.45, 2.75) is 7.43 Å². The topological polar surface area (TPSA) is 75.5 Å². The number of hydrogen-bond acceptors (Lipinski definition) is 7. The minimum atomic E-state index is -0.362. The predicted octanol–water partition coefficient (Wildman–Crippen LogP) is 4.96. The van der Waals surface area contributed by atoms with Crippen LogP contribution in [-0.2, 0) is 0 Å². The summed E-state index contributed by atoms with van der Waals surface area (Å²) in [7, 11) is 3.57.